The highest BCUT2D eigenvalue weighted by Crippen LogP contribution is 2.21. The zero-order chi connectivity index (χ0) is 21.1. The van der Waals surface area contributed by atoms with Crippen LogP contribution in [0.4, 0.5) is 5.69 Å². The lowest BCUT2D eigenvalue weighted by Crippen LogP contribution is -2.31. The van der Waals surface area contributed by atoms with Crippen LogP contribution < -0.4 is 11.1 Å². The number of benzene rings is 1. The van der Waals surface area contributed by atoms with Crippen molar-refractivity contribution in [1.29, 1.82) is 0 Å². The highest BCUT2D eigenvalue weighted by Gasteiger charge is 2.10. The molecular formula is C18H26Cl2N2O5. The first-order chi connectivity index (χ1) is 12.9. The van der Waals surface area contributed by atoms with Crippen molar-refractivity contribution >= 4 is 47.6 Å². The Hall–Kier alpha value is -2.09. The normalized spacial score (nSPS) is 11.9. The van der Waals surface area contributed by atoms with Gasteiger partial charge in [-0.05, 0) is 37.5 Å². The number of hydrogen-bond acceptors (Lipinski definition) is 6. The molecule has 1 unspecified atom stereocenters. The van der Waals surface area contributed by atoms with Gasteiger partial charge in [0.15, 0.2) is 12.4 Å². The Kier molecular flexibility index (Phi) is 18.8. The zero-order valence-electron chi connectivity index (χ0n) is 15.6. The van der Waals surface area contributed by atoms with E-state index in [9.17, 15) is 9.59 Å². The molecule has 0 aromatic heterocycles. The Morgan fingerprint density at radius 1 is 1.15 bits per heavy atom. The molecule has 1 aliphatic rings. The number of aldehydes is 1. The standard InChI is InChI=1S/C7H7Cl2N.C5H8.C4H7NO3.C2H4O2/c1-10-7-3-5(8)2-6(9)4-7;1-2-4-5-3-1;1-8-3(2-6)4(5)7;1-4-2-3/h2-4,10H,1H3;1-2H,3-5H2;2-3H,1H3,(H2,5,7);2H,1H3. The second-order valence-electron chi connectivity index (χ2n) is 4.84. The molecule has 0 aliphatic heterocycles. The number of nitrogens with one attached hydrogen (secondary N) is 1. The van der Waals surface area contributed by atoms with Crippen molar-refractivity contribution in [2.45, 2.75) is 25.4 Å². The van der Waals surface area contributed by atoms with Gasteiger partial charge in [-0.1, -0.05) is 35.4 Å². The molecule has 0 saturated carbocycles. The molecule has 27 heavy (non-hydrogen) atoms. The van der Waals surface area contributed by atoms with Crippen molar-refractivity contribution in [3.05, 3.63) is 40.4 Å². The molecule has 2 rings (SSSR count). The number of amides is 1. The lowest BCUT2D eigenvalue weighted by atomic mass is 10.3. The van der Waals surface area contributed by atoms with Gasteiger partial charge in [0.25, 0.3) is 12.4 Å². The number of primary amides is 1. The second kappa shape index (κ2) is 18.7. The number of methoxy groups -OCH3 is 2. The zero-order valence-corrected chi connectivity index (χ0v) is 17.1. The van der Waals surface area contributed by atoms with Crippen LogP contribution in [0.2, 0.25) is 10.0 Å². The van der Waals surface area contributed by atoms with Crippen molar-refractivity contribution in [3.8, 4) is 0 Å². The third-order valence-corrected chi connectivity index (χ3v) is 3.25. The topological polar surface area (TPSA) is 108 Å². The molecule has 0 spiro atoms. The molecule has 0 bridgehead atoms. The molecule has 0 fully saturated rings. The minimum Gasteiger partial charge on any atom is -0.471 e. The average molecular weight is 421 g/mol. The molecule has 7 nitrogen and oxygen atoms in total. The predicted molar refractivity (Wildman–Crippen MR) is 108 cm³/mol. The van der Waals surface area contributed by atoms with Gasteiger partial charge in [-0.25, -0.2) is 0 Å². The molecule has 0 radical (unpaired) electrons. The van der Waals surface area contributed by atoms with Crippen molar-refractivity contribution < 1.29 is 23.9 Å². The lowest BCUT2D eigenvalue weighted by molar-refractivity contribution is -0.133. The third kappa shape index (κ3) is 17.1. The molecule has 1 atom stereocenters. The van der Waals surface area contributed by atoms with Gasteiger partial charge in [0.1, 0.15) is 0 Å². The number of nitrogens with two attached hydrogens (primary N) is 1. The third-order valence-electron chi connectivity index (χ3n) is 2.81. The van der Waals surface area contributed by atoms with Crippen LogP contribution in [0.3, 0.4) is 0 Å². The van der Waals surface area contributed by atoms with Gasteiger partial charge < -0.3 is 20.5 Å². The number of hydrogen-bond donors (Lipinski definition) is 2. The van der Waals surface area contributed by atoms with Crippen LogP contribution in [0.15, 0.2) is 30.4 Å². The van der Waals surface area contributed by atoms with E-state index in [-0.39, 0.29) is 0 Å². The number of anilines is 1. The van der Waals surface area contributed by atoms with Crippen molar-refractivity contribution in [3.63, 3.8) is 0 Å². The Balaban J connectivity index is 0. The molecule has 3 N–H and O–H groups in total. The Morgan fingerprint density at radius 2 is 1.63 bits per heavy atom. The maximum absolute atomic E-state index is 10.0. The minimum atomic E-state index is -1.09. The second-order valence-corrected chi connectivity index (χ2v) is 5.71. The number of carbonyl (C=O) groups is 3. The molecule has 1 aliphatic carbocycles. The fourth-order valence-electron chi connectivity index (χ4n) is 1.53. The fourth-order valence-corrected chi connectivity index (χ4v) is 2.05. The van der Waals surface area contributed by atoms with E-state index in [2.05, 4.69) is 32.7 Å². The van der Waals surface area contributed by atoms with Gasteiger partial charge in [-0.15, -0.1) is 0 Å². The van der Waals surface area contributed by atoms with E-state index in [1.54, 1.807) is 6.07 Å². The molecule has 1 amide bonds. The summed E-state index contributed by atoms with van der Waals surface area (Å²) in [5.41, 5.74) is 5.59. The highest BCUT2D eigenvalue weighted by atomic mass is 35.5. The Morgan fingerprint density at radius 3 is 1.81 bits per heavy atom. The maximum atomic E-state index is 10.0. The van der Waals surface area contributed by atoms with Crippen LogP contribution in [0.25, 0.3) is 0 Å². The quantitative estimate of drug-likeness (QED) is 0.429. The maximum Gasteiger partial charge on any atom is 0.292 e. The van der Waals surface area contributed by atoms with Crippen LogP contribution >= 0.6 is 23.2 Å². The lowest BCUT2D eigenvalue weighted by Gasteiger charge is -1.99. The van der Waals surface area contributed by atoms with E-state index in [0.717, 1.165) is 5.69 Å². The summed E-state index contributed by atoms with van der Waals surface area (Å²) in [4.78, 5) is 28.7. The molecule has 1 aromatic rings. The first-order valence-corrected chi connectivity index (χ1v) is 8.64. The van der Waals surface area contributed by atoms with Gasteiger partial charge >= 0.3 is 0 Å². The monoisotopic (exact) mass is 420 g/mol. The first kappa shape index (κ1) is 27.1. The van der Waals surface area contributed by atoms with E-state index in [4.69, 9.17) is 28.0 Å². The number of halogens is 2. The summed E-state index contributed by atoms with van der Waals surface area (Å²) in [5.74, 6) is -0.762. The van der Waals surface area contributed by atoms with Crippen molar-refractivity contribution in [2.75, 3.05) is 26.6 Å². The van der Waals surface area contributed by atoms with Crippen molar-refractivity contribution in [1.82, 2.24) is 0 Å². The average Bonchev–Trinajstić information content (AvgIpc) is 3.22. The Bertz CT molecular complexity index is 557. The fraction of sp³-hybridized carbons (Fsp3) is 0.389. The SMILES string of the molecule is C1=CCCC1.CNc1cc(Cl)cc(Cl)c1.COC(C=O)C(N)=O.COC=O. The summed E-state index contributed by atoms with van der Waals surface area (Å²) >= 11 is 11.4. The van der Waals surface area contributed by atoms with E-state index in [0.29, 0.717) is 22.8 Å². The number of carbonyl (C=O) groups excluding carboxylic acids is 3. The number of allylic oxidation sites excluding steroid dienone is 2. The van der Waals surface area contributed by atoms with Gasteiger partial charge in [0.05, 0.1) is 7.11 Å². The molecule has 152 valence electrons. The van der Waals surface area contributed by atoms with Gasteiger partial charge in [0, 0.05) is 29.9 Å². The summed E-state index contributed by atoms with van der Waals surface area (Å²) in [6.45, 7) is 0.375. The molecular weight excluding hydrogens is 395 g/mol. The summed E-state index contributed by atoms with van der Waals surface area (Å²) < 4.78 is 8.18. The van der Waals surface area contributed by atoms with Crippen LogP contribution in [0, 0.1) is 0 Å². The van der Waals surface area contributed by atoms with E-state index in [1.165, 1.54) is 33.5 Å². The van der Waals surface area contributed by atoms with E-state index < -0.39 is 12.0 Å². The van der Waals surface area contributed by atoms with Gasteiger partial charge in [0.2, 0.25) is 0 Å². The van der Waals surface area contributed by atoms with Crippen molar-refractivity contribution in [2.24, 2.45) is 5.73 Å². The van der Waals surface area contributed by atoms with E-state index in [1.807, 2.05) is 19.2 Å². The largest absolute Gasteiger partial charge is 0.471 e. The summed E-state index contributed by atoms with van der Waals surface area (Å²) in [6.07, 6.45) is 7.76. The van der Waals surface area contributed by atoms with Crippen LogP contribution in [0.5, 0.6) is 0 Å². The summed E-state index contributed by atoms with van der Waals surface area (Å²) in [6, 6.07) is 5.32. The predicted octanol–water partition coefficient (Wildman–Crippen LogP) is 3.24. The first-order valence-electron chi connectivity index (χ1n) is 7.88. The van der Waals surface area contributed by atoms with Crippen LogP contribution in [-0.4, -0.2) is 46.0 Å². The van der Waals surface area contributed by atoms with Gasteiger partial charge in [-0.2, -0.15) is 0 Å². The number of rotatable bonds is 5. The molecule has 1 aromatic carbocycles. The van der Waals surface area contributed by atoms with E-state index >= 15 is 0 Å². The smallest absolute Gasteiger partial charge is 0.292 e. The summed E-state index contributed by atoms with van der Waals surface area (Å²) in [5, 5.41) is 4.24. The molecule has 9 heteroatoms. The number of ether oxygens (including phenoxy) is 2. The minimum absolute atomic E-state index is 0.350. The summed E-state index contributed by atoms with van der Waals surface area (Å²) in [7, 11) is 4.37. The Labute approximate surface area is 169 Å². The molecule has 0 heterocycles. The van der Waals surface area contributed by atoms with Crippen LogP contribution in [-0.2, 0) is 23.9 Å². The van der Waals surface area contributed by atoms with Crippen LogP contribution in [0.1, 0.15) is 19.3 Å². The molecule has 0 saturated heterocycles. The van der Waals surface area contributed by atoms with Gasteiger partial charge in [-0.3, -0.25) is 14.4 Å². The highest BCUT2D eigenvalue weighted by molar-refractivity contribution is 6.35.